The molecule has 3 amide bonds. The molecule has 6 heteroatoms. The van der Waals surface area contributed by atoms with Gasteiger partial charge in [0.1, 0.15) is 0 Å². The fourth-order valence-corrected chi connectivity index (χ4v) is 3.07. The Morgan fingerprint density at radius 3 is 2.28 bits per heavy atom. The van der Waals surface area contributed by atoms with E-state index in [-0.39, 0.29) is 18.0 Å². The average molecular weight is 346 g/mol. The van der Waals surface area contributed by atoms with E-state index in [4.69, 9.17) is 0 Å². The topological polar surface area (TPSA) is 64.7 Å². The van der Waals surface area contributed by atoms with E-state index in [0.29, 0.717) is 6.42 Å². The number of piperidine rings is 1. The summed E-state index contributed by atoms with van der Waals surface area (Å²) in [5, 5.41) is 5.89. The summed E-state index contributed by atoms with van der Waals surface area (Å²) in [5.41, 5.74) is 1.70. The summed E-state index contributed by atoms with van der Waals surface area (Å²) in [6.45, 7) is 7.45. The Morgan fingerprint density at radius 1 is 1.12 bits per heavy atom. The second kappa shape index (κ2) is 9.42. The number of hydrogen-bond acceptors (Lipinski definition) is 3. The van der Waals surface area contributed by atoms with Gasteiger partial charge >= 0.3 is 6.03 Å². The molecule has 1 saturated heterocycles. The molecule has 0 atom stereocenters. The van der Waals surface area contributed by atoms with Crippen LogP contribution < -0.4 is 10.6 Å². The number of likely N-dealkylation sites (N-methyl/N-ethyl adjacent to an activating group) is 1. The van der Waals surface area contributed by atoms with Gasteiger partial charge in [-0.3, -0.25) is 4.79 Å². The van der Waals surface area contributed by atoms with Crippen molar-refractivity contribution in [2.75, 3.05) is 38.5 Å². The molecule has 1 aromatic carbocycles. The molecule has 1 aromatic rings. The minimum Gasteiger partial charge on any atom is -0.343 e. The molecule has 0 bridgehead atoms. The third-order valence-electron chi connectivity index (χ3n) is 4.74. The smallest absolute Gasteiger partial charge is 0.319 e. The minimum atomic E-state index is -0.165. The lowest BCUT2D eigenvalue weighted by atomic mass is 10.1. The number of nitrogens with one attached hydrogen (secondary N) is 2. The second-order valence-corrected chi connectivity index (χ2v) is 6.62. The van der Waals surface area contributed by atoms with Crippen LogP contribution >= 0.6 is 0 Å². The van der Waals surface area contributed by atoms with Crippen molar-refractivity contribution in [1.29, 1.82) is 0 Å². The second-order valence-electron chi connectivity index (χ2n) is 6.62. The molecule has 0 unspecified atom stereocenters. The lowest BCUT2D eigenvalue weighted by Crippen LogP contribution is -2.44. The zero-order chi connectivity index (χ0) is 18.2. The third-order valence-corrected chi connectivity index (χ3v) is 4.74. The van der Waals surface area contributed by atoms with Crippen molar-refractivity contribution >= 4 is 17.6 Å². The minimum absolute atomic E-state index is 0.130. The van der Waals surface area contributed by atoms with Crippen LogP contribution in [0.15, 0.2) is 24.3 Å². The summed E-state index contributed by atoms with van der Waals surface area (Å²) in [5.74, 6) is 0.130. The van der Waals surface area contributed by atoms with Crippen molar-refractivity contribution in [3.05, 3.63) is 29.8 Å². The maximum absolute atomic E-state index is 12.1. The van der Waals surface area contributed by atoms with Gasteiger partial charge in [-0.1, -0.05) is 12.1 Å². The first-order chi connectivity index (χ1) is 12.0. The van der Waals surface area contributed by atoms with Gasteiger partial charge in [0.25, 0.3) is 0 Å². The zero-order valence-corrected chi connectivity index (χ0v) is 15.5. The van der Waals surface area contributed by atoms with E-state index in [1.54, 1.807) is 0 Å². The monoisotopic (exact) mass is 346 g/mol. The van der Waals surface area contributed by atoms with Crippen molar-refractivity contribution < 1.29 is 9.59 Å². The molecule has 0 aliphatic carbocycles. The van der Waals surface area contributed by atoms with Gasteiger partial charge in [-0.05, 0) is 64.5 Å². The summed E-state index contributed by atoms with van der Waals surface area (Å²) in [7, 11) is 2.10. The van der Waals surface area contributed by atoms with Crippen LogP contribution in [0.5, 0.6) is 0 Å². The molecule has 6 nitrogen and oxygen atoms in total. The molecule has 2 N–H and O–H groups in total. The predicted octanol–water partition coefficient (Wildman–Crippen LogP) is 2.31. The van der Waals surface area contributed by atoms with E-state index in [1.165, 1.54) is 0 Å². The largest absolute Gasteiger partial charge is 0.343 e. The lowest BCUT2D eigenvalue weighted by Gasteiger charge is -2.29. The zero-order valence-electron chi connectivity index (χ0n) is 15.5. The number of hydrogen-bond donors (Lipinski definition) is 2. The van der Waals surface area contributed by atoms with Crippen LogP contribution in [0, 0.1) is 0 Å². The number of carbonyl (C=O) groups is 2. The first-order valence-electron chi connectivity index (χ1n) is 9.14. The number of urea groups is 1. The van der Waals surface area contributed by atoms with E-state index in [0.717, 1.165) is 50.3 Å². The highest BCUT2D eigenvalue weighted by Crippen LogP contribution is 2.12. The van der Waals surface area contributed by atoms with E-state index >= 15 is 0 Å². The first-order valence-corrected chi connectivity index (χ1v) is 9.14. The Labute approximate surface area is 150 Å². The third kappa shape index (κ3) is 6.05. The van der Waals surface area contributed by atoms with Crippen molar-refractivity contribution in [2.24, 2.45) is 0 Å². The van der Waals surface area contributed by atoms with Crippen LogP contribution in [0.3, 0.4) is 0 Å². The fourth-order valence-electron chi connectivity index (χ4n) is 3.07. The molecule has 1 fully saturated rings. The van der Waals surface area contributed by atoms with Gasteiger partial charge in [-0.2, -0.15) is 0 Å². The van der Waals surface area contributed by atoms with Gasteiger partial charge in [0.2, 0.25) is 5.91 Å². The van der Waals surface area contributed by atoms with Crippen molar-refractivity contribution in [3.63, 3.8) is 0 Å². The SMILES string of the molecule is CCN(CC)C(=O)Cc1ccc(NC(=O)NC2CCN(C)CC2)cc1. The summed E-state index contributed by atoms with van der Waals surface area (Å²) < 4.78 is 0. The van der Waals surface area contributed by atoms with Crippen molar-refractivity contribution in [3.8, 4) is 0 Å². The molecule has 1 aliphatic rings. The Kier molecular flexibility index (Phi) is 7.25. The molecular formula is C19H30N4O2. The van der Waals surface area contributed by atoms with Crippen LogP contribution in [0.1, 0.15) is 32.3 Å². The van der Waals surface area contributed by atoms with Crippen LogP contribution in [0.25, 0.3) is 0 Å². The summed E-state index contributed by atoms with van der Waals surface area (Å²) in [4.78, 5) is 28.3. The average Bonchev–Trinajstić information content (AvgIpc) is 2.60. The summed E-state index contributed by atoms with van der Waals surface area (Å²) in [6, 6.07) is 7.56. The van der Waals surface area contributed by atoms with Gasteiger partial charge in [0.05, 0.1) is 6.42 Å². The maximum Gasteiger partial charge on any atom is 0.319 e. The lowest BCUT2D eigenvalue weighted by molar-refractivity contribution is -0.130. The van der Waals surface area contributed by atoms with Crippen LogP contribution in [0.2, 0.25) is 0 Å². The number of anilines is 1. The molecular weight excluding hydrogens is 316 g/mol. The molecule has 2 rings (SSSR count). The van der Waals surface area contributed by atoms with Crippen molar-refractivity contribution in [2.45, 2.75) is 39.2 Å². The van der Waals surface area contributed by atoms with E-state index < -0.39 is 0 Å². The molecule has 0 radical (unpaired) electrons. The number of benzene rings is 1. The standard InChI is InChI=1S/C19H30N4O2/c1-4-23(5-2)18(24)14-15-6-8-16(9-7-15)20-19(25)21-17-10-12-22(3)13-11-17/h6-9,17H,4-5,10-14H2,1-3H3,(H2,20,21,25). The van der Waals surface area contributed by atoms with E-state index in [2.05, 4.69) is 22.6 Å². The van der Waals surface area contributed by atoms with Gasteiger partial charge < -0.3 is 20.4 Å². The molecule has 0 aromatic heterocycles. The number of likely N-dealkylation sites (tertiary alicyclic amines) is 1. The molecule has 0 spiro atoms. The van der Waals surface area contributed by atoms with Crippen LogP contribution in [-0.2, 0) is 11.2 Å². The van der Waals surface area contributed by atoms with Crippen LogP contribution in [-0.4, -0.2) is 61.0 Å². The molecule has 0 saturated carbocycles. The first kappa shape index (κ1) is 19.2. The van der Waals surface area contributed by atoms with Gasteiger partial charge in [0, 0.05) is 24.8 Å². The van der Waals surface area contributed by atoms with Gasteiger partial charge in [0.15, 0.2) is 0 Å². The quantitative estimate of drug-likeness (QED) is 0.831. The summed E-state index contributed by atoms with van der Waals surface area (Å²) in [6.07, 6.45) is 2.36. The molecule has 25 heavy (non-hydrogen) atoms. The Balaban J connectivity index is 1.81. The number of carbonyl (C=O) groups excluding carboxylic acids is 2. The molecule has 1 heterocycles. The Morgan fingerprint density at radius 2 is 1.72 bits per heavy atom. The predicted molar refractivity (Wildman–Crippen MR) is 101 cm³/mol. The number of amides is 3. The Bertz CT molecular complexity index is 561. The molecule has 138 valence electrons. The molecule has 1 aliphatic heterocycles. The maximum atomic E-state index is 12.1. The number of nitrogens with zero attached hydrogens (tertiary/aromatic N) is 2. The van der Waals surface area contributed by atoms with Gasteiger partial charge in [-0.25, -0.2) is 4.79 Å². The fraction of sp³-hybridized carbons (Fsp3) is 0.579. The van der Waals surface area contributed by atoms with E-state index in [9.17, 15) is 9.59 Å². The highest BCUT2D eigenvalue weighted by atomic mass is 16.2. The highest BCUT2D eigenvalue weighted by molar-refractivity contribution is 5.89. The summed E-state index contributed by atoms with van der Waals surface area (Å²) >= 11 is 0. The van der Waals surface area contributed by atoms with Crippen LogP contribution in [0.4, 0.5) is 10.5 Å². The number of rotatable bonds is 6. The highest BCUT2D eigenvalue weighted by Gasteiger charge is 2.18. The Hall–Kier alpha value is -2.08. The normalized spacial score (nSPS) is 15.6. The van der Waals surface area contributed by atoms with E-state index in [1.807, 2.05) is 43.0 Å². The van der Waals surface area contributed by atoms with Gasteiger partial charge in [-0.15, -0.1) is 0 Å². The van der Waals surface area contributed by atoms with Crippen molar-refractivity contribution in [1.82, 2.24) is 15.1 Å².